The molecule has 3 heterocycles. The summed E-state index contributed by atoms with van der Waals surface area (Å²) in [5, 5.41) is 3.37. The second kappa shape index (κ2) is 7.29. The average Bonchev–Trinajstić information content (AvgIpc) is 3.23. The van der Waals surface area contributed by atoms with Crippen LogP contribution in [0.2, 0.25) is 0 Å². The van der Waals surface area contributed by atoms with Gasteiger partial charge in [-0.15, -0.1) is 0 Å². The van der Waals surface area contributed by atoms with Crippen LogP contribution in [0.15, 0.2) is 27.8 Å². The van der Waals surface area contributed by atoms with Crippen molar-refractivity contribution in [1.29, 1.82) is 0 Å². The van der Waals surface area contributed by atoms with Crippen LogP contribution in [0.25, 0.3) is 16.9 Å². The first-order chi connectivity index (χ1) is 14.4. The number of nitrogens with zero attached hydrogens (tertiary/aromatic N) is 4. The van der Waals surface area contributed by atoms with E-state index in [2.05, 4.69) is 15.3 Å². The SMILES string of the molecule is COc1ccc(OC)c(NCCn2c(C)c(C)n3c4c(=O)[nH]c(=O)n(C)c4nc23)c1. The van der Waals surface area contributed by atoms with Crippen molar-refractivity contribution >= 4 is 22.6 Å². The zero-order valence-corrected chi connectivity index (χ0v) is 17.6. The van der Waals surface area contributed by atoms with Gasteiger partial charge in [0.15, 0.2) is 11.2 Å². The fourth-order valence-corrected chi connectivity index (χ4v) is 3.70. The van der Waals surface area contributed by atoms with Gasteiger partial charge in [-0.1, -0.05) is 0 Å². The summed E-state index contributed by atoms with van der Waals surface area (Å²) in [6.45, 7) is 5.10. The zero-order chi connectivity index (χ0) is 21.6. The third kappa shape index (κ3) is 2.92. The Balaban J connectivity index is 1.72. The fourth-order valence-electron chi connectivity index (χ4n) is 3.70. The molecule has 4 aromatic rings. The van der Waals surface area contributed by atoms with E-state index >= 15 is 0 Å². The number of methoxy groups -OCH3 is 2. The molecule has 0 bridgehead atoms. The Morgan fingerprint density at radius 2 is 1.90 bits per heavy atom. The molecular formula is C20H24N6O4. The fraction of sp³-hybridized carbons (Fsp3) is 0.350. The van der Waals surface area contributed by atoms with Gasteiger partial charge in [0.05, 0.1) is 19.9 Å². The Hall–Kier alpha value is -3.69. The maximum atomic E-state index is 12.5. The average molecular weight is 412 g/mol. The van der Waals surface area contributed by atoms with Crippen molar-refractivity contribution < 1.29 is 9.47 Å². The smallest absolute Gasteiger partial charge is 0.329 e. The van der Waals surface area contributed by atoms with Gasteiger partial charge < -0.3 is 19.4 Å². The van der Waals surface area contributed by atoms with Gasteiger partial charge in [-0.2, -0.15) is 4.98 Å². The van der Waals surface area contributed by atoms with E-state index in [-0.39, 0.29) is 0 Å². The highest BCUT2D eigenvalue weighted by Crippen LogP contribution is 2.29. The van der Waals surface area contributed by atoms with Gasteiger partial charge in [0.2, 0.25) is 5.78 Å². The van der Waals surface area contributed by atoms with Crippen LogP contribution in [0, 0.1) is 13.8 Å². The molecule has 0 amide bonds. The van der Waals surface area contributed by atoms with Crippen molar-refractivity contribution in [3.05, 3.63) is 50.4 Å². The van der Waals surface area contributed by atoms with Gasteiger partial charge in [0.1, 0.15) is 11.5 Å². The number of imidazole rings is 2. The van der Waals surface area contributed by atoms with Crippen LogP contribution in [0.4, 0.5) is 5.69 Å². The minimum Gasteiger partial charge on any atom is -0.497 e. The van der Waals surface area contributed by atoms with Crippen LogP contribution in [-0.2, 0) is 13.6 Å². The topological polar surface area (TPSA) is 108 Å². The number of benzene rings is 1. The molecule has 0 fully saturated rings. The van der Waals surface area contributed by atoms with Crippen LogP contribution in [0.5, 0.6) is 11.5 Å². The highest BCUT2D eigenvalue weighted by Gasteiger charge is 2.20. The summed E-state index contributed by atoms with van der Waals surface area (Å²) in [5.41, 5.74) is 2.51. The molecule has 0 aliphatic carbocycles. The number of rotatable bonds is 6. The molecule has 30 heavy (non-hydrogen) atoms. The van der Waals surface area contributed by atoms with Crippen molar-refractivity contribution in [2.45, 2.75) is 20.4 Å². The molecule has 0 saturated carbocycles. The Bertz CT molecular complexity index is 1370. The maximum Gasteiger partial charge on any atom is 0.329 e. The molecule has 3 aromatic heterocycles. The minimum atomic E-state index is -0.485. The number of hydrogen-bond acceptors (Lipinski definition) is 6. The maximum absolute atomic E-state index is 12.5. The van der Waals surface area contributed by atoms with E-state index in [0.29, 0.717) is 30.0 Å². The Labute approximate surface area is 171 Å². The van der Waals surface area contributed by atoms with Crippen molar-refractivity contribution in [3.8, 4) is 11.5 Å². The molecule has 10 heteroatoms. The Morgan fingerprint density at radius 3 is 2.60 bits per heavy atom. The molecule has 0 aliphatic heterocycles. The largest absolute Gasteiger partial charge is 0.497 e. The van der Waals surface area contributed by atoms with Crippen molar-refractivity contribution in [3.63, 3.8) is 0 Å². The summed E-state index contributed by atoms with van der Waals surface area (Å²) < 4.78 is 15.9. The van der Waals surface area contributed by atoms with E-state index in [9.17, 15) is 9.59 Å². The normalized spacial score (nSPS) is 11.4. The van der Waals surface area contributed by atoms with Gasteiger partial charge in [-0.05, 0) is 26.0 Å². The molecule has 0 aliphatic rings. The molecule has 158 valence electrons. The monoisotopic (exact) mass is 412 g/mol. The molecule has 1 aromatic carbocycles. The van der Waals surface area contributed by atoms with Gasteiger partial charge in [0.25, 0.3) is 5.56 Å². The first-order valence-corrected chi connectivity index (χ1v) is 9.50. The second-order valence-electron chi connectivity index (χ2n) is 7.05. The number of hydrogen-bond donors (Lipinski definition) is 2. The summed E-state index contributed by atoms with van der Waals surface area (Å²) in [6, 6.07) is 5.56. The van der Waals surface area contributed by atoms with E-state index < -0.39 is 11.2 Å². The molecular weight excluding hydrogens is 388 g/mol. The lowest BCUT2D eigenvalue weighted by Gasteiger charge is -2.13. The molecule has 4 rings (SSSR count). The standard InChI is InChI=1S/C20H24N6O4/c1-11-12(2)26-16-17(24(3)20(28)23-18(16)27)22-19(26)25(11)9-8-21-14-10-13(29-4)6-7-15(14)30-5/h6-7,10,21H,8-9H2,1-5H3,(H,23,27,28). The highest BCUT2D eigenvalue weighted by atomic mass is 16.5. The lowest BCUT2D eigenvalue weighted by Crippen LogP contribution is -2.28. The number of H-pyrrole nitrogens is 1. The van der Waals surface area contributed by atoms with Gasteiger partial charge in [0, 0.05) is 37.6 Å². The minimum absolute atomic E-state index is 0.359. The third-order valence-electron chi connectivity index (χ3n) is 5.46. The van der Waals surface area contributed by atoms with Crippen molar-refractivity contribution in [1.82, 2.24) is 23.5 Å². The number of nitrogens with one attached hydrogen (secondary N) is 2. The third-order valence-corrected chi connectivity index (χ3v) is 5.46. The number of aromatic amines is 1. The van der Waals surface area contributed by atoms with Crippen LogP contribution >= 0.6 is 0 Å². The van der Waals surface area contributed by atoms with Gasteiger partial charge in [-0.3, -0.25) is 18.7 Å². The van der Waals surface area contributed by atoms with E-state index in [1.54, 1.807) is 25.7 Å². The van der Waals surface area contributed by atoms with Gasteiger partial charge >= 0.3 is 5.69 Å². The van der Waals surface area contributed by atoms with Crippen LogP contribution < -0.4 is 26.0 Å². The quantitative estimate of drug-likeness (QED) is 0.496. The lowest BCUT2D eigenvalue weighted by atomic mass is 10.2. The lowest BCUT2D eigenvalue weighted by molar-refractivity contribution is 0.404. The second-order valence-corrected chi connectivity index (χ2v) is 7.05. The molecule has 0 spiro atoms. The van der Waals surface area contributed by atoms with Gasteiger partial charge in [-0.25, -0.2) is 4.79 Å². The predicted octanol–water partition coefficient (Wildman–Crippen LogP) is 1.42. The summed E-state index contributed by atoms with van der Waals surface area (Å²) in [6.07, 6.45) is 0. The molecule has 0 radical (unpaired) electrons. The molecule has 0 saturated heterocycles. The molecule has 0 unspecified atom stereocenters. The Kier molecular flexibility index (Phi) is 4.76. The van der Waals surface area contributed by atoms with Crippen molar-refractivity contribution in [2.24, 2.45) is 7.05 Å². The number of fused-ring (bicyclic) bond motifs is 3. The highest BCUT2D eigenvalue weighted by molar-refractivity contribution is 5.76. The first-order valence-electron chi connectivity index (χ1n) is 9.50. The number of anilines is 1. The molecule has 10 nitrogen and oxygen atoms in total. The van der Waals surface area contributed by atoms with Crippen LogP contribution in [0.1, 0.15) is 11.4 Å². The zero-order valence-electron chi connectivity index (χ0n) is 17.6. The van der Waals surface area contributed by atoms with Crippen molar-refractivity contribution in [2.75, 3.05) is 26.1 Å². The van der Waals surface area contributed by atoms with Crippen LogP contribution in [0.3, 0.4) is 0 Å². The molecule has 2 N–H and O–H groups in total. The first kappa shape index (κ1) is 19.6. The number of aromatic nitrogens is 5. The predicted molar refractivity (Wildman–Crippen MR) is 114 cm³/mol. The summed E-state index contributed by atoms with van der Waals surface area (Å²) in [4.78, 5) is 31.4. The van der Waals surface area contributed by atoms with E-state index in [1.807, 2.05) is 36.6 Å². The summed E-state index contributed by atoms with van der Waals surface area (Å²) in [7, 11) is 4.83. The number of aryl methyl sites for hydroxylation is 2. The van der Waals surface area contributed by atoms with E-state index in [4.69, 9.17) is 9.47 Å². The van der Waals surface area contributed by atoms with Crippen LogP contribution in [-0.4, -0.2) is 44.3 Å². The van der Waals surface area contributed by atoms with E-state index in [1.165, 1.54) is 4.57 Å². The number of ether oxygens (including phenoxy) is 2. The molecule has 0 atom stereocenters. The summed E-state index contributed by atoms with van der Waals surface area (Å²) in [5.74, 6) is 2.06. The summed E-state index contributed by atoms with van der Waals surface area (Å²) >= 11 is 0. The Morgan fingerprint density at radius 1 is 1.13 bits per heavy atom. The van der Waals surface area contributed by atoms with E-state index in [0.717, 1.165) is 28.6 Å².